The normalized spacial score (nSPS) is 18.8. The van der Waals surface area contributed by atoms with Crippen LogP contribution in [0.15, 0.2) is 72.9 Å². The highest BCUT2D eigenvalue weighted by molar-refractivity contribution is 5.80. The van der Waals surface area contributed by atoms with Crippen LogP contribution in [0, 0.1) is 0 Å². The summed E-state index contributed by atoms with van der Waals surface area (Å²) in [5.74, 6) is -1.19. The second-order valence-corrected chi connectivity index (χ2v) is 24.6. The van der Waals surface area contributed by atoms with Gasteiger partial charge in [0, 0.05) is 6.42 Å². The maximum atomic E-state index is 13.5. The molecule has 6 N–H and O–H groups in total. The molecule has 8 atom stereocenters. The van der Waals surface area contributed by atoms with E-state index in [1.54, 1.807) is 6.08 Å². The molecule has 0 saturated carbocycles. The molecule has 1 saturated heterocycles. The third-order valence-electron chi connectivity index (χ3n) is 16.6. The van der Waals surface area contributed by atoms with Crippen LogP contribution in [0.25, 0.3) is 0 Å². The molecular weight excluding hydrogens is 1060 g/mol. The lowest BCUT2D eigenvalue weighted by Gasteiger charge is -2.41. The summed E-state index contributed by atoms with van der Waals surface area (Å²) >= 11 is 0. The van der Waals surface area contributed by atoms with Crippen molar-refractivity contribution in [1.29, 1.82) is 0 Å². The summed E-state index contributed by atoms with van der Waals surface area (Å²) in [6.45, 7) is 5.78. The lowest BCUT2D eigenvalue weighted by atomic mass is 9.99. The maximum Gasteiger partial charge on any atom is 0.306 e. The summed E-state index contributed by atoms with van der Waals surface area (Å²) < 4.78 is 17.7. The number of nitrogens with one attached hydrogen (secondary N) is 1. The van der Waals surface area contributed by atoms with Crippen LogP contribution in [0.1, 0.15) is 323 Å². The van der Waals surface area contributed by atoms with Gasteiger partial charge >= 0.3 is 5.97 Å². The van der Waals surface area contributed by atoms with Gasteiger partial charge in [0.15, 0.2) is 12.4 Å². The van der Waals surface area contributed by atoms with Crippen molar-refractivity contribution in [1.82, 2.24) is 5.32 Å². The fourth-order valence-corrected chi connectivity index (χ4v) is 10.9. The van der Waals surface area contributed by atoms with Crippen LogP contribution in [0.4, 0.5) is 0 Å². The number of hydrogen-bond donors (Lipinski definition) is 6. The van der Waals surface area contributed by atoms with Gasteiger partial charge in [-0.25, -0.2) is 0 Å². The predicted octanol–water partition coefficient (Wildman–Crippen LogP) is 18.3. The van der Waals surface area contributed by atoms with E-state index in [0.29, 0.717) is 12.8 Å². The van der Waals surface area contributed by atoms with Crippen molar-refractivity contribution in [2.75, 3.05) is 13.2 Å². The van der Waals surface area contributed by atoms with Crippen LogP contribution in [0.5, 0.6) is 0 Å². The smallest absolute Gasteiger partial charge is 0.306 e. The van der Waals surface area contributed by atoms with Crippen LogP contribution >= 0.6 is 0 Å². The Kier molecular flexibility index (Phi) is 57.8. The number of allylic oxidation sites excluding steroid dienone is 11. The minimum absolute atomic E-state index is 0.118. The van der Waals surface area contributed by atoms with Gasteiger partial charge in [-0.1, -0.05) is 293 Å². The molecule has 11 nitrogen and oxygen atoms in total. The number of carbonyl (C=O) groups excluding carboxylic acids is 2. The molecule has 0 aromatic heterocycles. The van der Waals surface area contributed by atoms with E-state index in [-0.39, 0.29) is 19.4 Å². The van der Waals surface area contributed by atoms with Crippen LogP contribution in [-0.4, -0.2) is 99.6 Å². The summed E-state index contributed by atoms with van der Waals surface area (Å²) in [7, 11) is 0. The molecule has 0 bridgehead atoms. The zero-order valence-electron chi connectivity index (χ0n) is 55.0. The average Bonchev–Trinajstić information content (AvgIpc) is 2.92. The van der Waals surface area contributed by atoms with E-state index in [9.17, 15) is 35.1 Å². The van der Waals surface area contributed by atoms with Crippen molar-refractivity contribution >= 4 is 11.9 Å². The van der Waals surface area contributed by atoms with Gasteiger partial charge in [-0.15, -0.1) is 0 Å². The zero-order valence-corrected chi connectivity index (χ0v) is 55.0. The molecule has 0 aliphatic carbocycles. The van der Waals surface area contributed by atoms with Gasteiger partial charge in [0.2, 0.25) is 5.91 Å². The molecule has 1 aliphatic rings. The highest BCUT2D eigenvalue weighted by atomic mass is 16.7. The second kappa shape index (κ2) is 61.3. The largest absolute Gasteiger partial charge is 0.454 e. The lowest BCUT2D eigenvalue weighted by Crippen LogP contribution is -2.61. The molecule has 8 unspecified atom stereocenters. The van der Waals surface area contributed by atoms with Gasteiger partial charge in [-0.05, 0) is 96.3 Å². The Bertz CT molecular complexity index is 1660. The Morgan fingerprint density at radius 3 is 1.25 bits per heavy atom. The summed E-state index contributed by atoms with van der Waals surface area (Å²) in [5.41, 5.74) is 0. The number of amides is 1. The van der Waals surface area contributed by atoms with Crippen LogP contribution in [0.2, 0.25) is 0 Å². The standard InChI is InChI=1S/C74H133NO10/c1-4-7-10-13-16-19-22-24-26-28-30-31-32-33-34-35-36-37-38-40-42-44-47-50-53-56-59-62-69(79)85-72-71(81)70(80)68(63-76)84-74(72)83-64-65(66(77)60-57-54-51-48-45-21-18-15-12-9-6-3)75-73(82)67(78)61-58-55-52-49-46-43-41-39-29-27-25-23-20-17-14-11-8-5-2/h16,19,24-27,30-31,33-34,57,60,65-68,70-72,74,76-78,80-81H,4-15,17-18,20-23,28-29,32,35-56,58-59,61-64H2,1-3H3,(H,75,82)/b19-16-,26-24-,27-25+,31-30-,34-33-,60-57+. The van der Waals surface area contributed by atoms with Crippen molar-refractivity contribution in [2.24, 2.45) is 0 Å². The SMILES string of the molecule is CCCCC/C=C\C/C=C\C/C=C\C/C=C\CCCCCCCCCCCCCC(=O)OC1C(OCC(NC(=O)C(O)CCCCCCCCCC/C=C/CCCCCCCC)C(O)/C=C/CCCCCCCCCCC)OC(CO)C(O)C1O. The monoisotopic (exact) mass is 1200 g/mol. The Labute approximate surface area is 521 Å². The first-order valence-corrected chi connectivity index (χ1v) is 35.7. The Hall–Kier alpha value is -2.90. The Balaban J connectivity index is 2.54. The van der Waals surface area contributed by atoms with Crippen LogP contribution in [0.3, 0.4) is 0 Å². The van der Waals surface area contributed by atoms with Gasteiger partial charge in [0.05, 0.1) is 25.4 Å². The third kappa shape index (κ3) is 48.7. The van der Waals surface area contributed by atoms with Gasteiger partial charge in [-0.3, -0.25) is 9.59 Å². The van der Waals surface area contributed by atoms with Crippen LogP contribution in [-0.2, 0) is 23.8 Å². The number of aliphatic hydroxyl groups is 5. The second-order valence-electron chi connectivity index (χ2n) is 24.6. The minimum atomic E-state index is -1.62. The molecule has 85 heavy (non-hydrogen) atoms. The number of ether oxygens (including phenoxy) is 3. The van der Waals surface area contributed by atoms with Gasteiger partial charge in [0.25, 0.3) is 0 Å². The molecule has 0 aromatic carbocycles. The van der Waals surface area contributed by atoms with Crippen molar-refractivity contribution in [3.8, 4) is 0 Å². The quantitative estimate of drug-likeness (QED) is 0.0195. The van der Waals surface area contributed by atoms with E-state index in [1.807, 2.05) is 6.08 Å². The topological polar surface area (TPSA) is 175 Å². The predicted molar refractivity (Wildman–Crippen MR) is 356 cm³/mol. The number of unbranched alkanes of at least 4 members (excludes halogenated alkanes) is 37. The number of aliphatic hydroxyl groups excluding tert-OH is 5. The summed E-state index contributed by atoms with van der Waals surface area (Å²) in [6.07, 6.45) is 69.4. The molecule has 0 spiro atoms. The van der Waals surface area contributed by atoms with Crippen LogP contribution < -0.4 is 5.32 Å². The average molecular weight is 1200 g/mol. The van der Waals surface area contributed by atoms with Crippen molar-refractivity contribution < 1.29 is 49.3 Å². The molecule has 0 aromatic rings. The molecule has 1 heterocycles. The molecule has 494 valence electrons. The summed E-state index contributed by atoms with van der Waals surface area (Å²) in [5, 5.41) is 57.2. The number of carbonyl (C=O) groups is 2. The first-order valence-electron chi connectivity index (χ1n) is 35.7. The van der Waals surface area contributed by atoms with Gasteiger partial charge in [0.1, 0.15) is 24.4 Å². The van der Waals surface area contributed by atoms with Gasteiger partial charge < -0.3 is 45.1 Å². The number of rotatable bonds is 61. The van der Waals surface area contributed by atoms with Crippen molar-refractivity contribution in [3.05, 3.63) is 72.9 Å². The summed E-state index contributed by atoms with van der Waals surface area (Å²) in [4.78, 5) is 26.7. The fourth-order valence-electron chi connectivity index (χ4n) is 10.9. The van der Waals surface area contributed by atoms with Crippen molar-refractivity contribution in [2.45, 2.75) is 372 Å². The summed E-state index contributed by atoms with van der Waals surface area (Å²) in [6, 6.07) is -1.03. The maximum absolute atomic E-state index is 13.5. The molecule has 0 radical (unpaired) electrons. The van der Waals surface area contributed by atoms with E-state index < -0.39 is 67.4 Å². The molecule has 11 heteroatoms. The van der Waals surface area contributed by atoms with E-state index >= 15 is 0 Å². The Morgan fingerprint density at radius 2 is 0.812 bits per heavy atom. The molecule has 1 aliphatic heterocycles. The van der Waals surface area contributed by atoms with E-state index in [1.165, 1.54) is 186 Å². The molecule has 1 fully saturated rings. The van der Waals surface area contributed by atoms with E-state index in [4.69, 9.17) is 14.2 Å². The van der Waals surface area contributed by atoms with E-state index in [2.05, 4.69) is 86.8 Å². The zero-order chi connectivity index (χ0) is 61.7. The Morgan fingerprint density at radius 1 is 0.459 bits per heavy atom. The number of hydrogen-bond acceptors (Lipinski definition) is 10. The highest BCUT2D eigenvalue weighted by Crippen LogP contribution is 2.26. The third-order valence-corrected chi connectivity index (χ3v) is 16.6. The molecular formula is C74H133NO10. The first kappa shape index (κ1) is 80.1. The lowest BCUT2D eigenvalue weighted by molar-refractivity contribution is -0.305. The highest BCUT2D eigenvalue weighted by Gasteiger charge is 2.47. The number of esters is 1. The minimum Gasteiger partial charge on any atom is -0.454 e. The van der Waals surface area contributed by atoms with Gasteiger partial charge in [-0.2, -0.15) is 0 Å². The molecule has 1 amide bonds. The fraction of sp³-hybridized carbons (Fsp3) is 0.811. The first-order chi connectivity index (χ1) is 41.7. The molecule has 1 rings (SSSR count). The van der Waals surface area contributed by atoms with Crippen molar-refractivity contribution in [3.63, 3.8) is 0 Å². The van der Waals surface area contributed by atoms with E-state index in [0.717, 1.165) is 89.9 Å².